The molecule has 0 saturated carbocycles. The monoisotopic (exact) mass is 295 g/mol. The van der Waals surface area contributed by atoms with Gasteiger partial charge in [-0.05, 0) is 32.1 Å². The Bertz CT molecular complexity index is 513. The van der Waals surface area contributed by atoms with Crippen molar-refractivity contribution in [3.8, 4) is 0 Å². The van der Waals surface area contributed by atoms with Gasteiger partial charge >= 0.3 is 0 Å². The Morgan fingerprint density at radius 3 is 2.70 bits per heavy atom. The lowest BCUT2D eigenvalue weighted by atomic mass is 10.2. The molecule has 1 heterocycles. The summed E-state index contributed by atoms with van der Waals surface area (Å²) in [5.41, 5.74) is 0.664. The van der Waals surface area contributed by atoms with Crippen LogP contribution in [-0.2, 0) is 4.74 Å². The fourth-order valence-corrected chi connectivity index (χ4v) is 2.51. The number of ether oxygens (including phenoxy) is 1. The standard InChI is InChI=1S/C13H17N3O3S/c1-9-7-15(8-10(2)19-9)13(20)14-11-4-3-5-12(6-11)16(17)18/h3-6,9-10H,7-8H2,1-2H3,(H,14,20)/t9-,10-/m0/s1. The predicted octanol–water partition coefficient (Wildman–Crippen LogP) is 2.40. The second-order valence-corrected chi connectivity index (χ2v) is 5.29. The second kappa shape index (κ2) is 6.15. The van der Waals surface area contributed by atoms with Crippen LogP contribution in [0.5, 0.6) is 0 Å². The quantitative estimate of drug-likeness (QED) is 0.513. The van der Waals surface area contributed by atoms with Crippen LogP contribution >= 0.6 is 12.2 Å². The maximum Gasteiger partial charge on any atom is 0.271 e. The van der Waals surface area contributed by atoms with Crippen LogP contribution in [0, 0.1) is 10.1 Å². The third-order valence-corrected chi connectivity index (χ3v) is 3.38. The zero-order valence-electron chi connectivity index (χ0n) is 11.4. The van der Waals surface area contributed by atoms with E-state index in [1.165, 1.54) is 12.1 Å². The summed E-state index contributed by atoms with van der Waals surface area (Å²) in [4.78, 5) is 12.3. The van der Waals surface area contributed by atoms with Crippen LogP contribution < -0.4 is 5.32 Å². The van der Waals surface area contributed by atoms with E-state index in [4.69, 9.17) is 17.0 Å². The van der Waals surface area contributed by atoms with E-state index >= 15 is 0 Å². The van der Waals surface area contributed by atoms with Gasteiger partial charge in [0.05, 0.1) is 17.1 Å². The van der Waals surface area contributed by atoms with Gasteiger partial charge < -0.3 is 15.0 Å². The number of nitro groups is 1. The Kier molecular flexibility index (Phi) is 4.51. The van der Waals surface area contributed by atoms with Gasteiger partial charge in [0.2, 0.25) is 0 Å². The molecule has 1 aromatic carbocycles. The lowest BCUT2D eigenvalue weighted by molar-refractivity contribution is -0.384. The second-order valence-electron chi connectivity index (χ2n) is 4.90. The Balaban J connectivity index is 2.04. The van der Waals surface area contributed by atoms with Crippen LogP contribution in [-0.4, -0.2) is 40.2 Å². The molecule has 0 unspecified atom stereocenters. The minimum absolute atomic E-state index is 0.0431. The van der Waals surface area contributed by atoms with Crippen LogP contribution in [0.2, 0.25) is 0 Å². The number of rotatable bonds is 2. The molecule has 1 aliphatic rings. The molecule has 0 aliphatic carbocycles. The van der Waals surface area contributed by atoms with Crippen molar-refractivity contribution in [2.75, 3.05) is 18.4 Å². The number of benzene rings is 1. The Morgan fingerprint density at radius 2 is 2.10 bits per heavy atom. The lowest BCUT2D eigenvalue weighted by Crippen LogP contribution is -2.49. The van der Waals surface area contributed by atoms with Gasteiger partial charge in [-0.3, -0.25) is 10.1 Å². The maximum atomic E-state index is 10.7. The van der Waals surface area contributed by atoms with Gasteiger partial charge in [-0.1, -0.05) is 6.07 Å². The molecule has 1 fully saturated rings. The highest BCUT2D eigenvalue weighted by atomic mass is 32.1. The maximum absolute atomic E-state index is 10.7. The van der Waals surface area contributed by atoms with Crippen molar-refractivity contribution in [3.05, 3.63) is 34.4 Å². The topological polar surface area (TPSA) is 67.6 Å². The van der Waals surface area contributed by atoms with E-state index in [9.17, 15) is 10.1 Å². The predicted molar refractivity (Wildman–Crippen MR) is 80.9 cm³/mol. The molecule has 7 heteroatoms. The molecule has 108 valence electrons. The number of hydrogen-bond acceptors (Lipinski definition) is 4. The molecule has 0 radical (unpaired) electrons. The van der Waals surface area contributed by atoms with Crippen molar-refractivity contribution in [1.82, 2.24) is 4.90 Å². The molecular formula is C13H17N3O3S. The lowest BCUT2D eigenvalue weighted by Gasteiger charge is -2.36. The summed E-state index contributed by atoms with van der Waals surface area (Å²) < 4.78 is 5.65. The first-order valence-electron chi connectivity index (χ1n) is 6.41. The number of nitrogens with one attached hydrogen (secondary N) is 1. The van der Waals surface area contributed by atoms with Crippen LogP contribution in [0.3, 0.4) is 0 Å². The molecule has 1 N–H and O–H groups in total. The van der Waals surface area contributed by atoms with Crippen molar-refractivity contribution in [3.63, 3.8) is 0 Å². The summed E-state index contributed by atoms with van der Waals surface area (Å²) in [7, 11) is 0. The number of nitrogens with zero attached hydrogens (tertiary/aromatic N) is 2. The molecule has 0 bridgehead atoms. The Morgan fingerprint density at radius 1 is 1.45 bits per heavy atom. The van der Waals surface area contributed by atoms with Crippen molar-refractivity contribution in [2.45, 2.75) is 26.1 Å². The van der Waals surface area contributed by atoms with E-state index in [2.05, 4.69) is 5.32 Å². The average molecular weight is 295 g/mol. The van der Waals surface area contributed by atoms with Gasteiger partial charge in [0, 0.05) is 30.9 Å². The molecule has 6 nitrogen and oxygen atoms in total. The van der Waals surface area contributed by atoms with Gasteiger partial charge in [0.15, 0.2) is 5.11 Å². The largest absolute Gasteiger partial charge is 0.372 e. The Labute approximate surface area is 122 Å². The molecule has 2 rings (SSSR count). The van der Waals surface area contributed by atoms with Crippen LogP contribution in [0.25, 0.3) is 0 Å². The number of morpholine rings is 1. The Hall–Kier alpha value is -1.73. The molecule has 0 aromatic heterocycles. The molecular weight excluding hydrogens is 278 g/mol. The smallest absolute Gasteiger partial charge is 0.271 e. The van der Waals surface area contributed by atoms with Gasteiger partial charge in [0.25, 0.3) is 5.69 Å². The van der Waals surface area contributed by atoms with Crippen molar-refractivity contribution in [2.24, 2.45) is 0 Å². The normalized spacial score (nSPS) is 22.4. The number of hydrogen-bond donors (Lipinski definition) is 1. The van der Waals surface area contributed by atoms with Gasteiger partial charge in [-0.15, -0.1) is 0 Å². The fraction of sp³-hybridized carbons (Fsp3) is 0.462. The number of anilines is 1. The highest BCUT2D eigenvalue weighted by Crippen LogP contribution is 2.18. The van der Waals surface area contributed by atoms with Gasteiger partial charge in [0.1, 0.15) is 0 Å². The third-order valence-electron chi connectivity index (χ3n) is 3.02. The molecule has 20 heavy (non-hydrogen) atoms. The number of thiocarbonyl (C=S) groups is 1. The molecule has 0 spiro atoms. The van der Waals surface area contributed by atoms with E-state index < -0.39 is 4.92 Å². The van der Waals surface area contributed by atoms with Crippen LogP contribution in [0.1, 0.15) is 13.8 Å². The van der Waals surface area contributed by atoms with E-state index in [1.54, 1.807) is 12.1 Å². The van der Waals surface area contributed by atoms with E-state index in [1.807, 2.05) is 18.7 Å². The van der Waals surface area contributed by atoms with E-state index in [0.29, 0.717) is 23.9 Å². The highest BCUT2D eigenvalue weighted by molar-refractivity contribution is 7.80. The molecule has 0 amide bonds. The first-order chi connectivity index (χ1) is 9.45. The first kappa shape index (κ1) is 14.7. The molecule has 1 aliphatic heterocycles. The summed E-state index contributed by atoms with van der Waals surface area (Å²) in [6.07, 6.45) is 0.229. The van der Waals surface area contributed by atoms with Crippen LogP contribution in [0.15, 0.2) is 24.3 Å². The third kappa shape index (κ3) is 3.64. The number of non-ortho nitro benzene ring substituents is 1. The van der Waals surface area contributed by atoms with E-state index in [0.717, 1.165) is 0 Å². The fourth-order valence-electron chi connectivity index (χ4n) is 2.24. The summed E-state index contributed by atoms with van der Waals surface area (Å²) >= 11 is 5.36. The van der Waals surface area contributed by atoms with Crippen molar-refractivity contribution in [1.29, 1.82) is 0 Å². The zero-order chi connectivity index (χ0) is 14.7. The van der Waals surface area contributed by atoms with Gasteiger partial charge in [-0.2, -0.15) is 0 Å². The zero-order valence-corrected chi connectivity index (χ0v) is 12.2. The molecule has 1 aromatic rings. The van der Waals surface area contributed by atoms with Gasteiger partial charge in [-0.25, -0.2) is 0 Å². The number of nitro benzene ring substituents is 1. The minimum Gasteiger partial charge on any atom is -0.372 e. The van der Waals surface area contributed by atoms with E-state index in [-0.39, 0.29) is 17.9 Å². The summed E-state index contributed by atoms with van der Waals surface area (Å²) in [5, 5.41) is 14.4. The first-order valence-corrected chi connectivity index (χ1v) is 6.82. The highest BCUT2D eigenvalue weighted by Gasteiger charge is 2.24. The SMILES string of the molecule is C[C@H]1CN(C(=S)Nc2cccc([N+](=O)[O-])c2)C[C@H](C)O1. The minimum atomic E-state index is -0.424. The molecule has 1 saturated heterocycles. The van der Waals surface area contributed by atoms with Crippen LogP contribution in [0.4, 0.5) is 11.4 Å². The van der Waals surface area contributed by atoms with Crippen molar-refractivity contribution < 1.29 is 9.66 Å². The summed E-state index contributed by atoms with van der Waals surface area (Å²) in [6.45, 7) is 5.42. The summed E-state index contributed by atoms with van der Waals surface area (Å²) in [6, 6.07) is 6.31. The average Bonchev–Trinajstić information content (AvgIpc) is 2.37. The molecule has 2 atom stereocenters. The summed E-state index contributed by atoms with van der Waals surface area (Å²) in [5.74, 6) is 0. The van der Waals surface area contributed by atoms with Crippen molar-refractivity contribution >= 4 is 28.7 Å².